The van der Waals surface area contributed by atoms with E-state index in [4.69, 9.17) is 9.47 Å². The van der Waals surface area contributed by atoms with Crippen molar-refractivity contribution < 1.29 is 14.3 Å². The summed E-state index contributed by atoms with van der Waals surface area (Å²) in [6.07, 6.45) is 0.723. The van der Waals surface area contributed by atoms with Crippen molar-refractivity contribution in [3.8, 4) is 17.2 Å². The summed E-state index contributed by atoms with van der Waals surface area (Å²) in [5.41, 5.74) is 1.94. The Morgan fingerprint density at radius 1 is 0.857 bits per heavy atom. The van der Waals surface area contributed by atoms with Crippen molar-refractivity contribution >= 4 is 11.6 Å². The van der Waals surface area contributed by atoms with Gasteiger partial charge in [-0.25, -0.2) is 0 Å². The zero-order valence-electron chi connectivity index (χ0n) is 15.9. The van der Waals surface area contributed by atoms with Crippen molar-refractivity contribution in [1.29, 1.82) is 0 Å². The number of nitrogens with one attached hydrogen (secondary N) is 2. The Hall–Kier alpha value is -3.47. The van der Waals surface area contributed by atoms with Gasteiger partial charge in [-0.2, -0.15) is 0 Å². The maximum absolute atomic E-state index is 12.0. The molecule has 0 bridgehead atoms. The van der Waals surface area contributed by atoms with Gasteiger partial charge >= 0.3 is 0 Å². The first-order valence-electron chi connectivity index (χ1n) is 9.20. The van der Waals surface area contributed by atoms with Gasteiger partial charge in [-0.05, 0) is 54.4 Å². The Morgan fingerprint density at radius 2 is 1.54 bits per heavy atom. The number of hydrogen-bond acceptors (Lipinski definition) is 4. The average molecular weight is 376 g/mol. The zero-order valence-corrected chi connectivity index (χ0v) is 15.9. The van der Waals surface area contributed by atoms with E-state index in [1.54, 1.807) is 7.11 Å². The van der Waals surface area contributed by atoms with Gasteiger partial charge in [0.05, 0.1) is 13.7 Å². The van der Waals surface area contributed by atoms with E-state index in [0.29, 0.717) is 6.54 Å². The monoisotopic (exact) mass is 376 g/mol. The molecule has 1 amide bonds. The molecule has 28 heavy (non-hydrogen) atoms. The van der Waals surface area contributed by atoms with Crippen LogP contribution in [0.4, 0.5) is 5.69 Å². The van der Waals surface area contributed by atoms with Crippen LogP contribution in [0.25, 0.3) is 0 Å². The second kappa shape index (κ2) is 10.0. The average Bonchev–Trinajstić information content (AvgIpc) is 2.74. The van der Waals surface area contributed by atoms with Crippen molar-refractivity contribution in [2.24, 2.45) is 0 Å². The third-order valence-electron chi connectivity index (χ3n) is 4.20. The number of carbonyl (C=O) groups excluding carboxylic acids is 1. The minimum Gasteiger partial charge on any atom is -0.496 e. The topological polar surface area (TPSA) is 59.6 Å². The smallest absolute Gasteiger partial charge is 0.239 e. The van der Waals surface area contributed by atoms with E-state index >= 15 is 0 Å². The number of carbonyl (C=O) groups is 1. The van der Waals surface area contributed by atoms with Gasteiger partial charge in [0.15, 0.2) is 0 Å². The summed E-state index contributed by atoms with van der Waals surface area (Å²) < 4.78 is 11.1. The summed E-state index contributed by atoms with van der Waals surface area (Å²) in [7, 11) is 1.65. The highest BCUT2D eigenvalue weighted by Gasteiger charge is 2.04. The zero-order chi connectivity index (χ0) is 19.6. The van der Waals surface area contributed by atoms with Crippen LogP contribution in [-0.4, -0.2) is 26.1 Å². The SMILES string of the molecule is COc1ccccc1CCNC(=O)CNc1ccc(Oc2ccccc2)cc1. The second-order valence-corrected chi connectivity index (χ2v) is 6.20. The van der Waals surface area contributed by atoms with Gasteiger partial charge in [0, 0.05) is 12.2 Å². The lowest BCUT2D eigenvalue weighted by Gasteiger charge is -2.10. The first-order valence-corrected chi connectivity index (χ1v) is 9.20. The molecule has 3 aromatic carbocycles. The predicted octanol–water partition coefficient (Wildman–Crippen LogP) is 4.26. The molecule has 0 aromatic heterocycles. The molecule has 0 saturated carbocycles. The van der Waals surface area contributed by atoms with Crippen LogP contribution in [0.3, 0.4) is 0 Å². The lowest BCUT2D eigenvalue weighted by molar-refractivity contribution is -0.119. The van der Waals surface area contributed by atoms with Crippen LogP contribution in [0.2, 0.25) is 0 Å². The Labute approximate surface area is 165 Å². The number of para-hydroxylation sites is 2. The molecule has 5 heteroatoms. The number of benzene rings is 3. The molecule has 0 heterocycles. The summed E-state index contributed by atoms with van der Waals surface area (Å²) in [6, 6.07) is 24.9. The van der Waals surface area contributed by atoms with Gasteiger partial charge in [-0.3, -0.25) is 4.79 Å². The molecule has 0 spiro atoms. The molecular formula is C23H24N2O3. The molecule has 5 nitrogen and oxygen atoms in total. The highest BCUT2D eigenvalue weighted by molar-refractivity contribution is 5.80. The summed E-state index contributed by atoms with van der Waals surface area (Å²) in [4.78, 5) is 12.0. The van der Waals surface area contributed by atoms with Crippen molar-refractivity contribution in [3.63, 3.8) is 0 Å². The maximum Gasteiger partial charge on any atom is 0.239 e. The highest BCUT2D eigenvalue weighted by Crippen LogP contribution is 2.22. The lowest BCUT2D eigenvalue weighted by atomic mass is 10.1. The fourth-order valence-corrected chi connectivity index (χ4v) is 2.76. The van der Waals surface area contributed by atoms with Crippen LogP contribution in [0.5, 0.6) is 17.2 Å². The van der Waals surface area contributed by atoms with E-state index in [-0.39, 0.29) is 12.5 Å². The molecular weight excluding hydrogens is 352 g/mol. The summed E-state index contributed by atoms with van der Waals surface area (Å²) >= 11 is 0. The fourth-order valence-electron chi connectivity index (χ4n) is 2.76. The molecule has 0 aliphatic rings. The van der Waals surface area contributed by atoms with Crippen molar-refractivity contribution in [2.75, 3.05) is 25.5 Å². The highest BCUT2D eigenvalue weighted by atomic mass is 16.5. The molecule has 0 fully saturated rings. The van der Waals surface area contributed by atoms with E-state index in [2.05, 4.69) is 10.6 Å². The van der Waals surface area contributed by atoms with Gasteiger partial charge in [-0.1, -0.05) is 36.4 Å². The van der Waals surface area contributed by atoms with Gasteiger partial charge in [0.2, 0.25) is 5.91 Å². The van der Waals surface area contributed by atoms with Gasteiger partial charge in [0.1, 0.15) is 17.2 Å². The fraction of sp³-hybridized carbons (Fsp3) is 0.174. The summed E-state index contributed by atoms with van der Waals surface area (Å²) in [5.74, 6) is 2.32. The third kappa shape index (κ3) is 5.77. The molecule has 0 atom stereocenters. The standard InChI is InChI=1S/C23H24N2O3/c1-27-22-10-6-5-7-18(22)15-16-24-23(26)17-25-19-11-13-21(14-12-19)28-20-8-3-2-4-9-20/h2-14,25H,15-17H2,1H3,(H,24,26). The normalized spacial score (nSPS) is 10.2. The van der Waals surface area contributed by atoms with E-state index in [0.717, 1.165) is 34.9 Å². The van der Waals surface area contributed by atoms with E-state index < -0.39 is 0 Å². The molecule has 3 rings (SSSR count). The molecule has 0 aliphatic heterocycles. The summed E-state index contributed by atoms with van der Waals surface area (Å²) in [5, 5.41) is 6.03. The minimum absolute atomic E-state index is 0.0560. The molecule has 0 saturated heterocycles. The van der Waals surface area contributed by atoms with Crippen LogP contribution in [0.15, 0.2) is 78.9 Å². The second-order valence-electron chi connectivity index (χ2n) is 6.20. The molecule has 2 N–H and O–H groups in total. The minimum atomic E-state index is -0.0560. The Kier molecular flexibility index (Phi) is 6.90. The Bertz CT molecular complexity index is 880. The lowest BCUT2D eigenvalue weighted by Crippen LogP contribution is -2.31. The quantitative estimate of drug-likeness (QED) is 0.586. The summed E-state index contributed by atoms with van der Waals surface area (Å²) in [6.45, 7) is 0.773. The number of anilines is 1. The van der Waals surface area contributed by atoms with Crippen LogP contribution in [0, 0.1) is 0 Å². The first-order chi connectivity index (χ1) is 13.7. The van der Waals surface area contributed by atoms with E-state index in [1.165, 1.54) is 0 Å². The Morgan fingerprint density at radius 3 is 2.29 bits per heavy atom. The van der Waals surface area contributed by atoms with Crippen molar-refractivity contribution in [1.82, 2.24) is 5.32 Å². The van der Waals surface area contributed by atoms with Crippen LogP contribution in [-0.2, 0) is 11.2 Å². The maximum atomic E-state index is 12.0. The number of ether oxygens (including phenoxy) is 2. The molecule has 0 aliphatic carbocycles. The van der Waals surface area contributed by atoms with Gasteiger partial charge in [0.25, 0.3) is 0 Å². The van der Waals surface area contributed by atoms with Crippen LogP contribution >= 0.6 is 0 Å². The molecule has 144 valence electrons. The van der Waals surface area contributed by atoms with E-state index in [9.17, 15) is 4.79 Å². The number of methoxy groups -OCH3 is 1. The van der Waals surface area contributed by atoms with E-state index in [1.807, 2.05) is 78.9 Å². The molecule has 0 unspecified atom stereocenters. The third-order valence-corrected chi connectivity index (χ3v) is 4.20. The van der Waals surface area contributed by atoms with Crippen LogP contribution in [0.1, 0.15) is 5.56 Å². The van der Waals surface area contributed by atoms with Crippen LogP contribution < -0.4 is 20.1 Å². The number of rotatable bonds is 9. The first kappa shape index (κ1) is 19.3. The largest absolute Gasteiger partial charge is 0.496 e. The van der Waals surface area contributed by atoms with Gasteiger partial charge in [-0.15, -0.1) is 0 Å². The Balaban J connectivity index is 1.40. The van der Waals surface area contributed by atoms with Gasteiger partial charge < -0.3 is 20.1 Å². The number of hydrogen-bond donors (Lipinski definition) is 2. The predicted molar refractivity (Wildman–Crippen MR) is 111 cm³/mol. The molecule has 0 radical (unpaired) electrons. The van der Waals surface area contributed by atoms with Crippen molar-refractivity contribution in [2.45, 2.75) is 6.42 Å². The molecule has 3 aromatic rings. The van der Waals surface area contributed by atoms with Crippen molar-refractivity contribution in [3.05, 3.63) is 84.4 Å². The number of amides is 1.